The molecule has 0 bridgehead atoms. The lowest BCUT2D eigenvalue weighted by Gasteiger charge is -2.35. The Bertz CT molecular complexity index is 450. The number of rotatable bonds is 6. The zero-order valence-corrected chi connectivity index (χ0v) is 16.0. The van der Waals surface area contributed by atoms with Gasteiger partial charge in [-0.2, -0.15) is 13.2 Å². The fourth-order valence-electron chi connectivity index (χ4n) is 3.71. The monoisotopic (exact) mass is 379 g/mol. The third-order valence-corrected chi connectivity index (χ3v) is 4.68. The molecule has 0 aromatic rings. The Hall–Kier alpha value is -1.06. The van der Waals surface area contributed by atoms with E-state index in [1.807, 2.05) is 0 Å². The Morgan fingerprint density at radius 2 is 1.85 bits per heavy atom. The molecular formula is C17H32F3N5O. The van der Waals surface area contributed by atoms with Gasteiger partial charge in [0, 0.05) is 52.4 Å². The molecule has 0 amide bonds. The normalized spacial score (nSPS) is 29.2. The molecule has 26 heavy (non-hydrogen) atoms. The first kappa shape index (κ1) is 21.2. The van der Waals surface area contributed by atoms with Crippen LogP contribution in [-0.2, 0) is 4.74 Å². The van der Waals surface area contributed by atoms with Crippen LogP contribution >= 0.6 is 0 Å². The molecule has 3 atom stereocenters. The van der Waals surface area contributed by atoms with E-state index in [9.17, 15) is 13.2 Å². The van der Waals surface area contributed by atoms with Crippen molar-refractivity contribution >= 4 is 5.96 Å². The van der Waals surface area contributed by atoms with Crippen molar-refractivity contribution in [2.24, 2.45) is 4.99 Å². The molecule has 0 spiro atoms. The molecule has 3 unspecified atom stereocenters. The summed E-state index contributed by atoms with van der Waals surface area (Å²) < 4.78 is 43.1. The Morgan fingerprint density at radius 1 is 1.15 bits per heavy atom. The number of ether oxygens (including phenoxy) is 1. The number of guanidine groups is 1. The van der Waals surface area contributed by atoms with E-state index in [1.165, 1.54) is 4.90 Å². The maximum Gasteiger partial charge on any atom is 0.401 e. The van der Waals surface area contributed by atoms with Crippen molar-refractivity contribution in [2.45, 2.75) is 51.1 Å². The van der Waals surface area contributed by atoms with Gasteiger partial charge in [0.2, 0.25) is 0 Å². The second-order valence-corrected chi connectivity index (χ2v) is 7.35. The average molecular weight is 379 g/mol. The molecule has 0 aromatic heterocycles. The van der Waals surface area contributed by atoms with Crippen molar-refractivity contribution in [3.63, 3.8) is 0 Å². The van der Waals surface area contributed by atoms with Crippen LogP contribution in [0.1, 0.15) is 26.7 Å². The molecule has 2 heterocycles. The topological polar surface area (TPSA) is 52.1 Å². The fourth-order valence-corrected chi connectivity index (χ4v) is 3.71. The number of morpholine rings is 1. The maximum absolute atomic E-state index is 12.5. The highest BCUT2D eigenvalue weighted by molar-refractivity contribution is 5.79. The van der Waals surface area contributed by atoms with E-state index >= 15 is 0 Å². The first-order valence-corrected chi connectivity index (χ1v) is 9.39. The summed E-state index contributed by atoms with van der Waals surface area (Å²) in [6.45, 7) is 7.87. The summed E-state index contributed by atoms with van der Waals surface area (Å²) in [5, 5.41) is 6.49. The summed E-state index contributed by atoms with van der Waals surface area (Å²) in [4.78, 5) is 8.02. The molecule has 2 saturated heterocycles. The summed E-state index contributed by atoms with van der Waals surface area (Å²) >= 11 is 0. The van der Waals surface area contributed by atoms with Crippen molar-refractivity contribution in [1.82, 2.24) is 20.4 Å². The molecular weight excluding hydrogens is 347 g/mol. The van der Waals surface area contributed by atoms with Crippen molar-refractivity contribution < 1.29 is 17.9 Å². The molecule has 0 aromatic carbocycles. The predicted molar refractivity (Wildman–Crippen MR) is 96.5 cm³/mol. The van der Waals surface area contributed by atoms with Crippen LogP contribution in [0.15, 0.2) is 4.99 Å². The third kappa shape index (κ3) is 7.67. The van der Waals surface area contributed by atoms with Gasteiger partial charge in [-0.25, -0.2) is 0 Å². The van der Waals surface area contributed by atoms with Crippen molar-refractivity contribution in [1.29, 1.82) is 0 Å². The molecule has 2 aliphatic heterocycles. The first-order chi connectivity index (χ1) is 12.2. The van der Waals surface area contributed by atoms with E-state index in [2.05, 4.69) is 34.4 Å². The van der Waals surface area contributed by atoms with Gasteiger partial charge in [-0.05, 0) is 26.7 Å². The highest BCUT2D eigenvalue weighted by Crippen LogP contribution is 2.19. The van der Waals surface area contributed by atoms with Gasteiger partial charge in [0.25, 0.3) is 0 Å². The summed E-state index contributed by atoms with van der Waals surface area (Å²) in [5.41, 5.74) is 0. The van der Waals surface area contributed by atoms with Gasteiger partial charge in [-0.15, -0.1) is 0 Å². The average Bonchev–Trinajstić information content (AvgIpc) is 2.94. The second-order valence-electron chi connectivity index (χ2n) is 7.35. The van der Waals surface area contributed by atoms with Gasteiger partial charge in [0.1, 0.15) is 0 Å². The summed E-state index contributed by atoms with van der Waals surface area (Å²) in [6.07, 6.45) is -1.93. The van der Waals surface area contributed by atoms with Crippen molar-refractivity contribution in [2.75, 3.05) is 52.9 Å². The quantitative estimate of drug-likeness (QED) is 0.414. The van der Waals surface area contributed by atoms with Crippen LogP contribution in [-0.4, -0.2) is 93.0 Å². The molecule has 0 radical (unpaired) electrons. The lowest BCUT2D eigenvalue weighted by molar-refractivity contribution is -0.143. The smallest absolute Gasteiger partial charge is 0.373 e. The lowest BCUT2D eigenvalue weighted by atomic mass is 10.2. The lowest BCUT2D eigenvalue weighted by Crippen LogP contribution is -2.47. The molecule has 152 valence electrons. The zero-order valence-electron chi connectivity index (χ0n) is 16.0. The van der Waals surface area contributed by atoms with Crippen LogP contribution in [0, 0.1) is 0 Å². The molecule has 9 heteroatoms. The third-order valence-electron chi connectivity index (χ3n) is 4.68. The number of halogens is 3. The number of alkyl halides is 3. The van der Waals surface area contributed by atoms with Gasteiger partial charge >= 0.3 is 6.18 Å². The molecule has 2 rings (SSSR count). The number of hydrogen-bond acceptors (Lipinski definition) is 4. The summed E-state index contributed by atoms with van der Waals surface area (Å²) in [5.74, 6) is 0.660. The highest BCUT2D eigenvalue weighted by Gasteiger charge is 2.34. The van der Waals surface area contributed by atoms with Crippen LogP contribution in [0.2, 0.25) is 0 Å². The van der Waals surface area contributed by atoms with Gasteiger partial charge in [0.05, 0.1) is 18.8 Å². The number of nitrogens with one attached hydrogen (secondary N) is 2. The van der Waals surface area contributed by atoms with Gasteiger partial charge in [-0.1, -0.05) is 0 Å². The zero-order chi connectivity index (χ0) is 19.2. The van der Waals surface area contributed by atoms with E-state index in [-0.39, 0.29) is 18.2 Å². The molecule has 2 fully saturated rings. The van der Waals surface area contributed by atoms with Gasteiger partial charge in [0.15, 0.2) is 5.96 Å². The van der Waals surface area contributed by atoms with E-state index in [0.717, 1.165) is 32.6 Å². The molecule has 2 N–H and O–H groups in total. The van der Waals surface area contributed by atoms with Crippen molar-refractivity contribution in [3.05, 3.63) is 0 Å². The number of nitrogens with zero attached hydrogens (tertiary/aromatic N) is 3. The minimum absolute atomic E-state index is 0.00416. The Kier molecular flexibility index (Phi) is 7.97. The predicted octanol–water partition coefficient (Wildman–Crippen LogP) is 1.29. The largest absolute Gasteiger partial charge is 0.401 e. The second kappa shape index (κ2) is 9.75. The molecule has 0 aliphatic carbocycles. The van der Waals surface area contributed by atoms with Crippen molar-refractivity contribution in [3.8, 4) is 0 Å². The summed E-state index contributed by atoms with van der Waals surface area (Å²) in [7, 11) is 1.68. The minimum atomic E-state index is -4.14. The number of likely N-dealkylation sites (tertiary alicyclic amines) is 1. The van der Waals surface area contributed by atoms with Gasteiger partial charge < -0.3 is 15.4 Å². The van der Waals surface area contributed by atoms with Crippen LogP contribution in [0.25, 0.3) is 0 Å². The minimum Gasteiger partial charge on any atom is -0.373 e. The Balaban J connectivity index is 1.62. The Morgan fingerprint density at radius 3 is 2.46 bits per heavy atom. The number of hydrogen-bond donors (Lipinski definition) is 2. The molecule has 0 saturated carbocycles. The van der Waals surface area contributed by atoms with Crippen LogP contribution in [0.3, 0.4) is 0 Å². The van der Waals surface area contributed by atoms with E-state index < -0.39 is 12.7 Å². The molecule has 6 nitrogen and oxygen atoms in total. The van der Waals surface area contributed by atoms with E-state index in [1.54, 1.807) is 7.05 Å². The van der Waals surface area contributed by atoms with E-state index in [0.29, 0.717) is 25.5 Å². The van der Waals surface area contributed by atoms with Crippen LogP contribution in [0.5, 0.6) is 0 Å². The summed E-state index contributed by atoms with van der Waals surface area (Å²) in [6, 6.07) is 0.00416. The maximum atomic E-state index is 12.5. The standard InChI is InChI=1S/C17H32F3N5O/c1-13-9-24(10-14(2)26-13)7-4-6-22-16(21-3)23-15-5-8-25(11-15)12-17(18,19)20/h13-15H,4-12H2,1-3H3,(H2,21,22,23). The fraction of sp³-hybridized carbons (Fsp3) is 0.941. The van der Waals surface area contributed by atoms with E-state index in [4.69, 9.17) is 4.74 Å². The number of aliphatic imine (C=N–C) groups is 1. The van der Waals surface area contributed by atoms with Crippen LogP contribution < -0.4 is 10.6 Å². The van der Waals surface area contributed by atoms with Gasteiger partial charge in [-0.3, -0.25) is 14.8 Å². The molecule has 2 aliphatic rings. The highest BCUT2D eigenvalue weighted by atomic mass is 19.4. The first-order valence-electron chi connectivity index (χ1n) is 9.39. The SMILES string of the molecule is CN=C(NCCCN1CC(C)OC(C)C1)NC1CCN(CC(F)(F)F)C1. The van der Waals surface area contributed by atoms with Crippen LogP contribution in [0.4, 0.5) is 13.2 Å². The Labute approximate surface area is 154 Å².